The molecule has 1 aliphatic carbocycles. The number of allylic oxidation sites excluding steroid dienone is 1. The van der Waals surface area contributed by atoms with Gasteiger partial charge in [0, 0.05) is 42.9 Å². The highest BCUT2D eigenvalue weighted by atomic mass is 32.2. The van der Waals surface area contributed by atoms with Crippen molar-refractivity contribution in [3.8, 4) is 22.9 Å². The van der Waals surface area contributed by atoms with Crippen LogP contribution in [0.4, 0.5) is 10.2 Å². The van der Waals surface area contributed by atoms with Crippen molar-refractivity contribution in [2.24, 2.45) is 0 Å². The lowest BCUT2D eigenvalue weighted by Crippen LogP contribution is -2.41. The average molecular weight is 659 g/mol. The van der Waals surface area contributed by atoms with Gasteiger partial charge in [-0.3, -0.25) is 4.79 Å². The summed E-state index contributed by atoms with van der Waals surface area (Å²) in [5, 5.41) is 4.40. The molecule has 11 heteroatoms. The molecule has 0 bridgehead atoms. The third-order valence-corrected chi connectivity index (χ3v) is 9.59. The molecule has 0 radical (unpaired) electrons. The molecule has 0 atom stereocenters. The summed E-state index contributed by atoms with van der Waals surface area (Å²) < 4.78 is 52.5. The van der Waals surface area contributed by atoms with Crippen molar-refractivity contribution in [1.82, 2.24) is 14.7 Å². The monoisotopic (exact) mass is 658 g/mol. The van der Waals surface area contributed by atoms with Crippen LogP contribution in [-0.4, -0.2) is 60.4 Å². The zero-order valence-corrected chi connectivity index (χ0v) is 27.8. The number of anilines is 1. The molecule has 6 rings (SSSR count). The Kier molecular flexibility index (Phi) is 8.95. The number of halogens is 1. The zero-order chi connectivity index (χ0) is 33.5. The van der Waals surface area contributed by atoms with Crippen LogP contribution in [0.5, 0.6) is 17.2 Å². The summed E-state index contributed by atoms with van der Waals surface area (Å²) in [5.74, 6) is 0.471. The van der Waals surface area contributed by atoms with Gasteiger partial charge in [-0.05, 0) is 92.8 Å². The number of Topliss-reactive ketones (excluding diaryl/α,β-unsaturated/α-hetero) is 1. The van der Waals surface area contributed by atoms with Crippen LogP contribution in [-0.2, 0) is 22.0 Å². The number of nitrogen functional groups attached to an aromatic ring is 1. The fourth-order valence-corrected chi connectivity index (χ4v) is 6.99. The Morgan fingerprint density at radius 2 is 1.81 bits per heavy atom. The first-order valence-corrected chi connectivity index (χ1v) is 17.8. The molecule has 9 nitrogen and oxygen atoms in total. The number of piperidine rings is 1. The van der Waals surface area contributed by atoms with Crippen molar-refractivity contribution in [3.05, 3.63) is 100 Å². The number of rotatable bonds is 10. The fraction of sp³-hybridized carbons (Fsp3) is 0.333. The standard InChI is InChI=1S/C36H39FN4O5S/c1-22(2)40-13-11-29(12-14-40)45-34-19-25-17-26(16-24(25)18-27(34)21-47(4,43)44)35(42)30-20-39-41(36(30)38)28-9-10-32(23(3)15-28)46-33-8-6-5-7-31(33)37/h5-10,15,17-20,22,29H,11-14,16,21,38H2,1-4H3. The van der Waals surface area contributed by atoms with Crippen LogP contribution in [0.3, 0.4) is 0 Å². The molecule has 47 heavy (non-hydrogen) atoms. The molecule has 246 valence electrons. The number of aromatic nitrogens is 2. The van der Waals surface area contributed by atoms with E-state index >= 15 is 0 Å². The molecule has 2 aliphatic rings. The summed E-state index contributed by atoms with van der Waals surface area (Å²) in [4.78, 5) is 16.2. The van der Waals surface area contributed by atoms with E-state index in [-0.39, 0.29) is 34.8 Å². The van der Waals surface area contributed by atoms with Crippen LogP contribution < -0.4 is 15.2 Å². The Morgan fingerprint density at radius 3 is 2.49 bits per heavy atom. The molecular weight excluding hydrogens is 619 g/mol. The van der Waals surface area contributed by atoms with E-state index in [9.17, 15) is 17.6 Å². The number of benzene rings is 3. The average Bonchev–Trinajstić information content (AvgIpc) is 3.61. The number of fused-ring (bicyclic) bond motifs is 1. The number of nitrogens with two attached hydrogens (primary N) is 1. The molecule has 3 aromatic carbocycles. The van der Waals surface area contributed by atoms with Gasteiger partial charge >= 0.3 is 0 Å². The largest absolute Gasteiger partial charge is 0.490 e. The number of carbonyl (C=O) groups is 1. The quantitative estimate of drug-likeness (QED) is 0.197. The lowest BCUT2D eigenvalue weighted by molar-refractivity contribution is 0.0837. The van der Waals surface area contributed by atoms with Gasteiger partial charge in [0.05, 0.1) is 23.2 Å². The van der Waals surface area contributed by atoms with Crippen molar-refractivity contribution < 1.29 is 27.1 Å². The molecule has 1 aliphatic heterocycles. The van der Waals surface area contributed by atoms with E-state index in [1.165, 1.54) is 23.2 Å². The van der Waals surface area contributed by atoms with Crippen LogP contribution >= 0.6 is 0 Å². The van der Waals surface area contributed by atoms with Crippen molar-refractivity contribution in [3.63, 3.8) is 0 Å². The number of para-hydroxylation sites is 1. The number of sulfone groups is 1. The van der Waals surface area contributed by atoms with Crippen LogP contribution in [0.1, 0.15) is 59.3 Å². The molecular formula is C36H39FN4O5S. The minimum Gasteiger partial charge on any atom is -0.490 e. The summed E-state index contributed by atoms with van der Waals surface area (Å²) in [6.45, 7) is 8.04. The second-order valence-corrected chi connectivity index (χ2v) is 14.8. The molecule has 0 unspecified atom stereocenters. The number of nitrogens with zero attached hydrogens (tertiary/aromatic N) is 3. The van der Waals surface area contributed by atoms with Gasteiger partial charge in [-0.25, -0.2) is 17.5 Å². The maximum absolute atomic E-state index is 14.1. The molecule has 2 heterocycles. The highest BCUT2D eigenvalue weighted by Gasteiger charge is 2.28. The first kappa shape index (κ1) is 32.5. The fourth-order valence-electron chi connectivity index (χ4n) is 6.20. The first-order chi connectivity index (χ1) is 22.4. The number of ether oxygens (including phenoxy) is 2. The number of hydrogen-bond donors (Lipinski definition) is 1. The van der Waals surface area contributed by atoms with E-state index in [1.807, 2.05) is 25.1 Å². The smallest absolute Gasteiger partial charge is 0.194 e. The van der Waals surface area contributed by atoms with Gasteiger partial charge < -0.3 is 20.1 Å². The number of hydrogen-bond acceptors (Lipinski definition) is 8. The van der Waals surface area contributed by atoms with Crippen LogP contribution in [0.2, 0.25) is 0 Å². The molecule has 0 amide bonds. The maximum atomic E-state index is 14.1. The topological polar surface area (TPSA) is 117 Å². The Labute approximate surface area is 274 Å². The predicted molar refractivity (Wildman–Crippen MR) is 181 cm³/mol. The van der Waals surface area contributed by atoms with Gasteiger partial charge in [-0.1, -0.05) is 18.2 Å². The molecule has 1 saturated heterocycles. The highest BCUT2D eigenvalue weighted by Crippen LogP contribution is 2.36. The van der Waals surface area contributed by atoms with E-state index in [2.05, 4.69) is 23.8 Å². The van der Waals surface area contributed by atoms with Crippen molar-refractivity contribution in [1.29, 1.82) is 0 Å². The summed E-state index contributed by atoms with van der Waals surface area (Å²) >= 11 is 0. The van der Waals surface area contributed by atoms with E-state index in [0.717, 1.165) is 42.6 Å². The summed E-state index contributed by atoms with van der Waals surface area (Å²) in [6, 6.07) is 15.6. The molecule has 1 aromatic heterocycles. The van der Waals surface area contributed by atoms with E-state index in [1.54, 1.807) is 36.4 Å². The van der Waals surface area contributed by atoms with Gasteiger partial charge in [-0.2, -0.15) is 5.10 Å². The summed E-state index contributed by atoms with van der Waals surface area (Å²) in [5.41, 5.74) is 10.9. The number of aryl methyl sites for hydroxylation is 1. The second-order valence-electron chi connectivity index (χ2n) is 12.7. The van der Waals surface area contributed by atoms with E-state index in [0.29, 0.717) is 40.8 Å². The SMILES string of the molecule is Cc1cc(-n2ncc(C(=O)C3=Cc4cc(OC5CCN(C(C)C)CC5)c(CS(C)(=O)=O)cc4C3)c2N)ccc1Oc1ccccc1F. The summed E-state index contributed by atoms with van der Waals surface area (Å²) in [6.07, 6.45) is 6.53. The van der Waals surface area contributed by atoms with Gasteiger partial charge in [0.1, 0.15) is 23.4 Å². The van der Waals surface area contributed by atoms with Gasteiger partial charge in [0.2, 0.25) is 0 Å². The normalized spacial score (nSPS) is 15.5. The second kappa shape index (κ2) is 13.0. The van der Waals surface area contributed by atoms with Crippen LogP contribution in [0.25, 0.3) is 11.8 Å². The van der Waals surface area contributed by atoms with Crippen molar-refractivity contribution >= 4 is 27.5 Å². The maximum Gasteiger partial charge on any atom is 0.194 e. The van der Waals surface area contributed by atoms with Gasteiger partial charge in [0.25, 0.3) is 0 Å². The minimum absolute atomic E-state index is 0.0118. The van der Waals surface area contributed by atoms with E-state index < -0.39 is 15.7 Å². The summed E-state index contributed by atoms with van der Waals surface area (Å²) in [7, 11) is -3.33. The Morgan fingerprint density at radius 1 is 1.06 bits per heavy atom. The van der Waals surface area contributed by atoms with Gasteiger partial charge in [0.15, 0.2) is 27.2 Å². The van der Waals surface area contributed by atoms with E-state index in [4.69, 9.17) is 15.2 Å². The lowest BCUT2D eigenvalue weighted by Gasteiger charge is -2.35. The predicted octanol–water partition coefficient (Wildman–Crippen LogP) is 6.31. The Bertz CT molecular complexity index is 1980. The zero-order valence-electron chi connectivity index (χ0n) is 27.0. The first-order valence-electron chi connectivity index (χ1n) is 15.7. The Balaban J connectivity index is 1.22. The molecule has 2 N–H and O–H groups in total. The minimum atomic E-state index is -3.33. The van der Waals surface area contributed by atoms with Crippen molar-refractivity contribution in [2.75, 3.05) is 25.1 Å². The van der Waals surface area contributed by atoms with Crippen LogP contribution in [0.15, 0.2) is 66.4 Å². The molecule has 1 fully saturated rings. The Hall–Kier alpha value is -4.48. The number of likely N-dealkylation sites (tertiary alicyclic amines) is 1. The number of carbonyl (C=O) groups excluding carboxylic acids is 1. The number of ketones is 1. The third-order valence-electron chi connectivity index (χ3n) is 8.75. The van der Waals surface area contributed by atoms with Crippen molar-refractivity contribution in [2.45, 2.75) is 57.9 Å². The molecule has 4 aromatic rings. The van der Waals surface area contributed by atoms with Gasteiger partial charge in [-0.15, -0.1) is 0 Å². The third kappa shape index (κ3) is 7.11. The highest BCUT2D eigenvalue weighted by molar-refractivity contribution is 7.89. The lowest BCUT2D eigenvalue weighted by atomic mass is 10.0. The van der Waals surface area contributed by atoms with Crippen LogP contribution in [0, 0.1) is 12.7 Å². The molecule has 0 saturated carbocycles. The molecule has 0 spiro atoms.